The van der Waals surface area contributed by atoms with Gasteiger partial charge in [0.15, 0.2) is 0 Å². The molecule has 1 aromatic heterocycles. The summed E-state index contributed by atoms with van der Waals surface area (Å²) in [6, 6.07) is 15.7. The van der Waals surface area contributed by atoms with Crippen LogP contribution in [0.1, 0.15) is 27.3 Å². The Kier molecular flexibility index (Phi) is 5.11. The molecule has 1 heterocycles. The van der Waals surface area contributed by atoms with Crippen molar-refractivity contribution < 1.29 is 9.53 Å². The fraction of sp³-hybridized carbons (Fsp3) is 0.158. The van der Waals surface area contributed by atoms with E-state index in [0.29, 0.717) is 12.1 Å². The van der Waals surface area contributed by atoms with Gasteiger partial charge in [-0.1, -0.05) is 46.3 Å². The maximum atomic E-state index is 11.9. The van der Waals surface area contributed by atoms with Crippen LogP contribution in [0.2, 0.25) is 0 Å². The summed E-state index contributed by atoms with van der Waals surface area (Å²) >= 11 is 3.45. The summed E-state index contributed by atoms with van der Waals surface area (Å²) in [5, 5.41) is 0. The lowest BCUT2D eigenvalue weighted by Gasteiger charge is -2.11. The second kappa shape index (κ2) is 7.45. The van der Waals surface area contributed by atoms with Crippen LogP contribution in [0.15, 0.2) is 65.4 Å². The fourth-order valence-corrected chi connectivity index (χ4v) is 2.85. The van der Waals surface area contributed by atoms with Gasteiger partial charge < -0.3 is 9.30 Å². The molecule has 2 aromatic carbocycles. The molecule has 122 valence electrons. The number of hydrogen-bond acceptors (Lipinski definition) is 3. The fourth-order valence-electron chi connectivity index (χ4n) is 2.59. The summed E-state index contributed by atoms with van der Waals surface area (Å²) in [6.07, 6.45) is 4.46. The predicted molar refractivity (Wildman–Crippen MR) is 96.1 cm³/mol. The number of aromatic nitrogens is 2. The Labute approximate surface area is 149 Å². The molecule has 0 unspecified atom stereocenters. The summed E-state index contributed by atoms with van der Waals surface area (Å²) in [7, 11) is 1.40. The van der Waals surface area contributed by atoms with Crippen molar-refractivity contribution in [2.24, 2.45) is 0 Å². The van der Waals surface area contributed by atoms with Gasteiger partial charge in [-0.2, -0.15) is 0 Å². The van der Waals surface area contributed by atoms with E-state index in [2.05, 4.69) is 37.6 Å². The highest BCUT2D eigenvalue weighted by Gasteiger charge is 2.13. The SMILES string of the molecule is COC(=O)c1ccccc1Cn1ccnc1Cc1ccc(Br)cc1. The first-order valence-corrected chi connectivity index (χ1v) is 8.37. The van der Waals surface area contributed by atoms with Crippen molar-refractivity contribution in [1.82, 2.24) is 9.55 Å². The number of imidazole rings is 1. The van der Waals surface area contributed by atoms with Crippen LogP contribution >= 0.6 is 15.9 Å². The Morgan fingerprint density at radius 3 is 2.67 bits per heavy atom. The van der Waals surface area contributed by atoms with Gasteiger partial charge in [0.2, 0.25) is 0 Å². The summed E-state index contributed by atoms with van der Waals surface area (Å²) in [5.74, 6) is 0.636. The summed E-state index contributed by atoms with van der Waals surface area (Å²) in [4.78, 5) is 16.4. The molecule has 0 spiro atoms. The number of carbonyl (C=O) groups is 1. The van der Waals surface area contributed by atoms with E-state index in [-0.39, 0.29) is 5.97 Å². The molecular formula is C19H17BrN2O2. The molecule has 0 fully saturated rings. The minimum Gasteiger partial charge on any atom is -0.465 e. The van der Waals surface area contributed by atoms with Crippen molar-refractivity contribution in [3.8, 4) is 0 Å². The number of halogens is 1. The molecule has 0 aliphatic heterocycles. The molecule has 0 radical (unpaired) electrons. The van der Waals surface area contributed by atoms with Gasteiger partial charge in [-0.3, -0.25) is 0 Å². The highest BCUT2D eigenvalue weighted by Crippen LogP contribution is 2.16. The minimum atomic E-state index is -0.319. The molecule has 0 amide bonds. The number of methoxy groups -OCH3 is 1. The van der Waals surface area contributed by atoms with Crippen LogP contribution in [-0.4, -0.2) is 22.6 Å². The highest BCUT2D eigenvalue weighted by atomic mass is 79.9. The zero-order valence-corrected chi connectivity index (χ0v) is 14.9. The number of benzene rings is 2. The first-order valence-electron chi connectivity index (χ1n) is 7.58. The Bertz CT molecular complexity index is 841. The van der Waals surface area contributed by atoms with Gasteiger partial charge in [-0.05, 0) is 29.3 Å². The Morgan fingerprint density at radius 1 is 1.17 bits per heavy atom. The highest BCUT2D eigenvalue weighted by molar-refractivity contribution is 9.10. The van der Waals surface area contributed by atoms with Crippen molar-refractivity contribution in [2.45, 2.75) is 13.0 Å². The van der Waals surface area contributed by atoms with E-state index >= 15 is 0 Å². The van der Waals surface area contributed by atoms with Crippen molar-refractivity contribution in [3.05, 3.63) is 87.9 Å². The lowest BCUT2D eigenvalue weighted by atomic mass is 10.1. The van der Waals surface area contributed by atoms with E-state index in [1.54, 1.807) is 12.3 Å². The maximum Gasteiger partial charge on any atom is 0.338 e. The molecule has 0 saturated heterocycles. The van der Waals surface area contributed by atoms with Crippen LogP contribution in [0, 0.1) is 0 Å². The monoisotopic (exact) mass is 384 g/mol. The Hall–Kier alpha value is -2.40. The molecule has 0 N–H and O–H groups in total. The smallest absolute Gasteiger partial charge is 0.338 e. The lowest BCUT2D eigenvalue weighted by Crippen LogP contribution is -2.10. The van der Waals surface area contributed by atoms with Crippen LogP contribution in [-0.2, 0) is 17.7 Å². The van der Waals surface area contributed by atoms with Gasteiger partial charge in [-0.15, -0.1) is 0 Å². The topological polar surface area (TPSA) is 44.1 Å². The minimum absolute atomic E-state index is 0.319. The first-order chi connectivity index (χ1) is 11.7. The van der Waals surface area contributed by atoms with Gasteiger partial charge in [0, 0.05) is 29.8 Å². The van der Waals surface area contributed by atoms with E-state index in [0.717, 1.165) is 22.3 Å². The third-order valence-electron chi connectivity index (χ3n) is 3.84. The zero-order valence-electron chi connectivity index (χ0n) is 13.3. The average Bonchev–Trinajstić information content (AvgIpc) is 3.03. The molecule has 4 nitrogen and oxygen atoms in total. The third kappa shape index (κ3) is 3.74. The molecule has 0 aliphatic rings. The van der Waals surface area contributed by atoms with Crippen LogP contribution in [0.5, 0.6) is 0 Å². The molecule has 3 aromatic rings. The predicted octanol–water partition coefficient (Wildman–Crippen LogP) is 4.07. The van der Waals surface area contributed by atoms with Crippen molar-refractivity contribution in [2.75, 3.05) is 7.11 Å². The third-order valence-corrected chi connectivity index (χ3v) is 4.37. The van der Waals surface area contributed by atoms with Gasteiger partial charge >= 0.3 is 5.97 Å². The molecule has 0 saturated carbocycles. The number of carbonyl (C=O) groups excluding carboxylic acids is 1. The van der Waals surface area contributed by atoms with Crippen LogP contribution in [0.25, 0.3) is 0 Å². The summed E-state index contributed by atoms with van der Waals surface area (Å²) in [5.41, 5.74) is 2.69. The number of esters is 1. The second-order valence-corrected chi connectivity index (χ2v) is 6.34. The standard InChI is InChI=1S/C19H17BrN2O2/c1-24-19(23)17-5-3-2-4-15(17)13-22-11-10-21-18(22)12-14-6-8-16(20)9-7-14/h2-11H,12-13H2,1H3. The van der Waals surface area contributed by atoms with Crippen LogP contribution < -0.4 is 0 Å². The first kappa shape index (κ1) is 16.5. The van der Waals surface area contributed by atoms with Crippen LogP contribution in [0.3, 0.4) is 0 Å². The Morgan fingerprint density at radius 2 is 1.92 bits per heavy atom. The molecule has 0 aliphatic carbocycles. The Balaban J connectivity index is 1.84. The van der Waals surface area contributed by atoms with E-state index < -0.39 is 0 Å². The molecule has 3 rings (SSSR count). The van der Waals surface area contributed by atoms with Crippen molar-refractivity contribution >= 4 is 21.9 Å². The molecule has 0 bridgehead atoms. The van der Waals surface area contributed by atoms with Crippen molar-refractivity contribution in [1.29, 1.82) is 0 Å². The van der Waals surface area contributed by atoms with E-state index in [4.69, 9.17) is 4.74 Å². The number of rotatable bonds is 5. The molecule has 0 atom stereocenters. The quantitative estimate of drug-likeness (QED) is 0.622. The summed E-state index contributed by atoms with van der Waals surface area (Å²) in [6.45, 7) is 0.580. The number of hydrogen-bond donors (Lipinski definition) is 0. The molecule has 24 heavy (non-hydrogen) atoms. The van der Waals surface area contributed by atoms with E-state index in [9.17, 15) is 4.79 Å². The second-order valence-electron chi connectivity index (χ2n) is 5.42. The van der Waals surface area contributed by atoms with E-state index in [1.807, 2.05) is 36.5 Å². The zero-order chi connectivity index (χ0) is 16.9. The number of nitrogens with zero attached hydrogens (tertiary/aromatic N) is 2. The number of ether oxygens (including phenoxy) is 1. The maximum absolute atomic E-state index is 11.9. The van der Waals surface area contributed by atoms with Crippen molar-refractivity contribution in [3.63, 3.8) is 0 Å². The largest absolute Gasteiger partial charge is 0.465 e. The van der Waals surface area contributed by atoms with Gasteiger partial charge in [-0.25, -0.2) is 9.78 Å². The van der Waals surface area contributed by atoms with Gasteiger partial charge in [0.1, 0.15) is 5.82 Å². The lowest BCUT2D eigenvalue weighted by molar-refractivity contribution is 0.0599. The van der Waals surface area contributed by atoms with Gasteiger partial charge in [0.25, 0.3) is 0 Å². The van der Waals surface area contributed by atoms with E-state index in [1.165, 1.54) is 12.7 Å². The molecular weight excluding hydrogens is 368 g/mol. The average molecular weight is 385 g/mol. The molecule has 5 heteroatoms. The van der Waals surface area contributed by atoms with Gasteiger partial charge in [0.05, 0.1) is 12.7 Å². The van der Waals surface area contributed by atoms with Crippen LogP contribution in [0.4, 0.5) is 0 Å². The summed E-state index contributed by atoms with van der Waals surface area (Å²) < 4.78 is 7.98. The normalized spacial score (nSPS) is 10.6.